The monoisotopic (exact) mass is 431 g/mol. The summed E-state index contributed by atoms with van der Waals surface area (Å²) in [6.07, 6.45) is 0.741. The molecule has 0 aromatic heterocycles. The number of hydrogen-bond donors (Lipinski definition) is 4. The smallest absolute Gasteiger partial charge is 0.300 e. The van der Waals surface area contributed by atoms with Crippen molar-refractivity contribution < 1.29 is 29.3 Å². The van der Waals surface area contributed by atoms with Gasteiger partial charge >= 0.3 is 0 Å². The highest BCUT2D eigenvalue weighted by molar-refractivity contribution is 6.30. The van der Waals surface area contributed by atoms with Gasteiger partial charge in [0.25, 0.3) is 17.8 Å². The van der Waals surface area contributed by atoms with Gasteiger partial charge in [-0.05, 0) is 38.1 Å². The summed E-state index contributed by atoms with van der Waals surface area (Å²) in [6.45, 7) is 7.48. The highest BCUT2D eigenvalue weighted by Gasteiger charge is 2.24. The van der Waals surface area contributed by atoms with Gasteiger partial charge in [-0.2, -0.15) is 0 Å². The molecule has 1 heterocycles. The largest absolute Gasteiger partial charge is 0.493 e. The Hall–Kier alpha value is -2.36. The van der Waals surface area contributed by atoms with Crippen LogP contribution in [0.5, 0.6) is 5.75 Å². The van der Waals surface area contributed by atoms with Crippen LogP contribution >= 0.6 is 11.6 Å². The van der Waals surface area contributed by atoms with Gasteiger partial charge in [0.1, 0.15) is 5.75 Å². The van der Waals surface area contributed by atoms with Crippen LogP contribution in [0.4, 0.5) is 0 Å². The zero-order valence-electron chi connectivity index (χ0n) is 17.0. The zero-order valence-corrected chi connectivity index (χ0v) is 17.7. The van der Waals surface area contributed by atoms with E-state index in [0.717, 1.165) is 26.8 Å². The Labute approximate surface area is 175 Å². The number of ether oxygens (including phenoxy) is 1. The third-order valence-corrected chi connectivity index (χ3v) is 3.67. The van der Waals surface area contributed by atoms with Crippen molar-refractivity contribution in [3.8, 4) is 5.75 Å². The minimum Gasteiger partial charge on any atom is -0.493 e. The van der Waals surface area contributed by atoms with Crippen LogP contribution in [0.25, 0.3) is 0 Å². The molecule has 1 atom stereocenters. The first kappa shape index (κ1) is 26.6. The lowest BCUT2D eigenvalue weighted by atomic mass is 10.1. The highest BCUT2D eigenvalue weighted by atomic mass is 35.5. The van der Waals surface area contributed by atoms with E-state index >= 15 is 0 Å². The maximum Gasteiger partial charge on any atom is 0.300 e. The van der Waals surface area contributed by atoms with Crippen molar-refractivity contribution in [2.24, 2.45) is 5.73 Å². The number of hydrogen-bond acceptors (Lipinski definition) is 6. The van der Waals surface area contributed by atoms with Crippen molar-refractivity contribution in [3.63, 3.8) is 0 Å². The summed E-state index contributed by atoms with van der Waals surface area (Å²) in [6, 6.07) is 5.44. The number of carbonyl (C=O) groups excluding carboxylic acids is 1. The van der Waals surface area contributed by atoms with Crippen molar-refractivity contribution >= 4 is 29.4 Å². The van der Waals surface area contributed by atoms with E-state index in [1.54, 1.807) is 18.2 Å². The molecular weight excluding hydrogens is 402 g/mol. The molecule has 0 saturated carbocycles. The van der Waals surface area contributed by atoms with E-state index in [4.69, 9.17) is 41.9 Å². The fraction of sp³-hybridized carbons (Fsp3) is 0.526. The van der Waals surface area contributed by atoms with E-state index in [1.807, 2.05) is 4.90 Å². The second-order valence-corrected chi connectivity index (χ2v) is 6.71. The van der Waals surface area contributed by atoms with Crippen LogP contribution in [-0.2, 0) is 9.59 Å². The first-order valence-electron chi connectivity index (χ1n) is 9.12. The minimum absolute atomic E-state index is 0.0113. The number of carboxylic acid groups (broad SMARTS) is 2. The maximum atomic E-state index is 12.7. The van der Waals surface area contributed by atoms with Gasteiger partial charge in [0, 0.05) is 44.5 Å². The van der Waals surface area contributed by atoms with E-state index in [-0.39, 0.29) is 5.91 Å². The number of nitrogens with zero attached hydrogens (tertiary/aromatic N) is 1. The molecule has 0 bridgehead atoms. The van der Waals surface area contributed by atoms with Gasteiger partial charge in [0.2, 0.25) is 0 Å². The number of nitrogens with two attached hydrogens (primary N) is 1. The molecule has 0 unspecified atom stereocenters. The van der Waals surface area contributed by atoms with E-state index in [1.165, 1.54) is 0 Å². The Balaban J connectivity index is 0.000000837. The SMILES string of the molecule is CC(=O)O.CC(=O)O.C[C@@H]1CN(C(=O)c2ccc(Cl)cc2OCCCN)CCN1. The molecule has 29 heavy (non-hydrogen) atoms. The summed E-state index contributed by atoms with van der Waals surface area (Å²) >= 11 is 6.00. The lowest BCUT2D eigenvalue weighted by Gasteiger charge is -2.32. The van der Waals surface area contributed by atoms with Crippen LogP contribution in [0, 0.1) is 0 Å². The first-order valence-corrected chi connectivity index (χ1v) is 9.50. The van der Waals surface area contributed by atoms with E-state index in [2.05, 4.69) is 12.2 Å². The van der Waals surface area contributed by atoms with Crippen LogP contribution in [0.2, 0.25) is 5.02 Å². The number of carboxylic acids is 2. The Kier molecular flexibility index (Phi) is 13.4. The number of piperazine rings is 1. The van der Waals surface area contributed by atoms with Crippen molar-refractivity contribution in [2.75, 3.05) is 32.8 Å². The quantitative estimate of drug-likeness (QED) is 0.516. The molecule has 0 aliphatic carbocycles. The molecule has 1 aromatic carbocycles. The molecule has 5 N–H and O–H groups in total. The Morgan fingerprint density at radius 2 is 1.86 bits per heavy atom. The minimum atomic E-state index is -0.833. The Bertz CT molecular complexity index is 651. The predicted molar refractivity (Wildman–Crippen MR) is 111 cm³/mol. The predicted octanol–water partition coefficient (Wildman–Crippen LogP) is 1.68. The summed E-state index contributed by atoms with van der Waals surface area (Å²) in [7, 11) is 0. The van der Waals surface area contributed by atoms with Crippen LogP contribution in [0.3, 0.4) is 0 Å². The first-order chi connectivity index (χ1) is 13.6. The van der Waals surface area contributed by atoms with Crippen LogP contribution in [0.15, 0.2) is 18.2 Å². The second-order valence-electron chi connectivity index (χ2n) is 6.28. The molecule has 1 saturated heterocycles. The zero-order chi connectivity index (χ0) is 22.4. The van der Waals surface area contributed by atoms with Crippen molar-refractivity contribution in [2.45, 2.75) is 33.2 Å². The van der Waals surface area contributed by atoms with Crippen molar-refractivity contribution in [3.05, 3.63) is 28.8 Å². The third kappa shape index (κ3) is 12.7. The number of aliphatic carboxylic acids is 2. The fourth-order valence-corrected chi connectivity index (χ4v) is 2.51. The normalized spacial score (nSPS) is 15.2. The van der Waals surface area contributed by atoms with Crippen molar-refractivity contribution in [1.29, 1.82) is 0 Å². The molecular formula is C19H30ClN3O6. The van der Waals surface area contributed by atoms with Gasteiger partial charge in [0.15, 0.2) is 0 Å². The topological polar surface area (TPSA) is 142 Å². The second kappa shape index (κ2) is 14.6. The number of benzene rings is 1. The third-order valence-electron chi connectivity index (χ3n) is 3.44. The number of halogens is 1. The lowest BCUT2D eigenvalue weighted by Crippen LogP contribution is -2.51. The standard InChI is InChI=1S/C15H22ClN3O2.2C2H4O2/c1-11-10-19(7-6-18-11)15(20)13-4-3-12(16)9-14(13)21-8-2-5-17;2*1-2(3)4/h3-4,9,11,18H,2,5-8,10,17H2,1H3;2*1H3,(H,3,4)/t11-;;/m1../s1. The summed E-state index contributed by atoms with van der Waals surface area (Å²) in [5.74, 6) is -1.14. The lowest BCUT2D eigenvalue weighted by molar-refractivity contribution is -0.135. The van der Waals surface area contributed by atoms with Gasteiger partial charge in [-0.3, -0.25) is 14.4 Å². The van der Waals surface area contributed by atoms with E-state index in [0.29, 0.717) is 48.6 Å². The summed E-state index contributed by atoms with van der Waals surface area (Å²) in [5, 5.41) is 18.7. The summed E-state index contributed by atoms with van der Waals surface area (Å²) < 4.78 is 5.67. The Morgan fingerprint density at radius 3 is 2.38 bits per heavy atom. The number of rotatable bonds is 5. The molecule has 9 nitrogen and oxygen atoms in total. The van der Waals surface area contributed by atoms with Gasteiger partial charge in [-0.1, -0.05) is 11.6 Å². The maximum absolute atomic E-state index is 12.7. The average molecular weight is 432 g/mol. The number of nitrogens with one attached hydrogen (secondary N) is 1. The molecule has 1 amide bonds. The fourth-order valence-electron chi connectivity index (χ4n) is 2.34. The van der Waals surface area contributed by atoms with Crippen LogP contribution < -0.4 is 15.8 Å². The Morgan fingerprint density at radius 1 is 1.28 bits per heavy atom. The molecule has 1 aliphatic heterocycles. The summed E-state index contributed by atoms with van der Waals surface area (Å²) in [4.78, 5) is 32.5. The molecule has 0 radical (unpaired) electrons. The van der Waals surface area contributed by atoms with Crippen molar-refractivity contribution in [1.82, 2.24) is 10.2 Å². The summed E-state index contributed by atoms with van der Waals surface area (Å²) in [5.41, 5.74) is 6.03. The van der Waals surface area contributed by atoms with Gasteiger partial charge in [0.05, 0.1) is 12.2 Å². The van der Waals surface area contributed by atoms with Gasteiger partial charge in [-0.15, -0.1) is 0 Å². The molecule has 2 rings (SSSR count). The van der Waals surface area contributed by atoms with Gasteiger partial charge in [-0.25, -0.2) is 0 Å². The molecule has 164 valence electrons. The van der Waals surface area contributed by atoms with E-state index in [9.17, 15) is 4.79 Å². The van der Waals surface area contributed by atoms with Gasteiger partial charge < -0.3 is 30.9 Å². The number of amides is 1. The molecule has 1 aliphatic rings. The molecule has 1 fully saturated rings. The van der Waals surface area contributed by atoms with Crippen LogP contribution in [0.1, 0.15) is 37.6 Å². The average Bonchev–Trinajstić information content (AvgIpc) is 2.61. The molecule has 1 aromatic rings. The number of carbonyl (C=O) groups is 3. The van der Waals surface area contributed by atoms with E-state index < -0.39 is 11.9 Å². The molecule has 10 heteroatoms. The molecule has 0 spiro atoms. The van der Waals surface area contributed by atoms with Crippen LogP contribution in [-0.4, -0.2) is 71.8 Å². The highest BCUT2D eigenvalue weighted by Crippen LogP contribution is 2.25.